The highest BCUT2D eigenvalue weighted by molar-refractivity contribution is 6.32. The predicted octanol–water partition coefficient (Wildman–Crippen LogP) is 2.71. The molecule has 0 atom stereocenters. The molecule has 0 unspecified atom stereocenters. The molecule has 18 heavy (non-hydrogen) atoms. The molecule has 0 N–H and O–H groups in total. The SMILES string of the molecule is COC(=O)c1cncc(Oc2ccccc2Cl)n1. The molecule has 0 saturated carbocycles. The summed E-state index contributed by atoms with van der Waals surface area (Å²) in [6, 6.07) is 6.94. The molecule has 1 aromatic heterocycles. The van der Waals surface area contributed by atoms with Gasteiger partial charge in [0.1, 0.15) is 5.75 Å². The lowest BCUT2D eigenvalue weighted by Crippen LogP contribution is -2.05. The second-order valence-corrected chi connectivity index (χ2v) is 3.67. The number of benzene rings is 1. The highest BCUT2D eigenvalue weighted by Crippen LogP contribution is 2.27. The minimum absolute atomic E-state index is 0.0713. The van der Waals surface area contributed by atoms with E-state index in [1.165, 1.54) is 19.5 Å². The van der Waals surface area contributed by atoms with Crippen LogP contribution >= 0.6 is 11.6 Å². The van der Waals surface area contributed by atoms with Crippen LogP contribution in [0.25, 0.3) is 0 Å². The molecule has 0 aliphatic carbocycles. The first-order valence-corrected chi connectivity index (χ1v) is 5.41. The summed E-state index contributed by atoms with van der Waals surface area (Å²) in [6.45, 7) is 0. The maximum atomic E-state index is 11.3. The lowest BCUT2D eigenvalue weighted by molar-refractivity contribution is 0.0592. The smallest absolute Gasteiger partial charge is 0.358 e. The first kappa shape index (κ1) is 12.3. The molecule has 0 fully saturated rings. The topological polar surface area (TPSA) is 61.3 Å². The van der Waals surface area contributed by atoms with Crippen LogP contribution in [0.5, 0.6) is 11.6 Å². The monoisotopic (exact) mass is 264 g/mol. The van der Waals surface area contributed by atoms with Crippen molar-refractivity contribution < 1.29 is 14.3 Å². The highest BCUT2D eigenvalue weighted by Gasteiger charge is 2.10. The molecule has 0 radical (unpaired) electrons. The standard InChI is InChI=1S/C12H9ClN2O3/c1-17-12(16)9-6-14-7-11(15-9)18-10-5-3-2-4-8(10)13/h2-7H,1H3. The third-order valence-corrected chi connectivity index (χ3v) is 2.37. The van der Waals surface area contributed by atoms with Crippen LogP contribution in [-0.4, -0.2) is 23.0 Å². The minimum Gasteiger partial charge on any atom is -0.464 e. The molecule has 92 valence electrons. The Labute approximate surface area is 108 Å². The maximum Gasteiger partial charge on any atom is 0.358 e. The molecule has 5 nitrogen and oxygen atoms in total. The van der Waals surface area contributed by atoms with Crippen LogP contribution in [0.2, 0.25) is 5.02 Å². The van der Waals surface area contributed by atoms with Crippen molar-refractivity contribution in [2.45, 2.75) is 0 Å². The molecule has 2 rings (SSSR count). The lowest BCUT2D eigenvalue weighted by Gasteiger charge is -2.06. The Morgan fingerprint density at radius 1 is 1.28 bits per heavy atom. The van der Waals surface area contributed by atoms with Gasteiger partial charge < -0.3 is 9.47 Å². The lowest BCUT2D eigenvalue weighted by atomic mass is 10.3. The van der Waals surface area contributed by atoms with Crippen molar-refractivity contribution in [3.8, 4) is 11.6 Å². The molecule has 0 saturated heterocycles. The molecule has 0 aliphatic heterocycles. The van der Waals surface area contributed by atoms with Gasteiger partial charge in [0.05, 0.1) is 24.5 Å². The normalized spacial score (nSPS) is 9.89. The van der Waals surface area contributed by atoms with E-state index in [2.05, 4.69) is 14.7 Å². The average Bonchev–Trinajstić information content (AvgIpc) is 2.41. The molecule has 0 bridgehead atoms. The molecule has 1 aromatic carbocycles. The van der Waals surface area contributed by atoms with E-state index < -0.39 is 5.97 Å². The summed E-state index contributed by atoms with van der Waals surface area (Å²) in [5.74, 6) is 0.0357. The third kappa shape index (κ3) is 2.75. The number of aromatic nitrogens is 2. The van der Waals surface area contributed by atoms with Gasteiger partial charge in [0, 0.05) is 0 Å². The van der Waals surface area contributed by atoms with Crippen molar-refractivity contribution >= 4 is 17.6 Å². The number of ether oxygens (including phenoxy) is 2. The number of hydrogen-bond acceptors (Lipinski definition) is 5. The van der Waals surface area contributed by atoms with Crippen molar-refractivity contribution in [3.05, 3.63) is 47.4 Å². The van der Waals surface area contributed by atoms with Crippen LogP contribution in [0.4, 0.5) is 0 Å². The molecular weight excluding hydrogens is 256 g/mol. The molecule has 2 aromatic rings. The number of rotatable bonds is 3. The summed E-state index contributed by atoms with van der Waals surface area (Å²) in [7, 11) is 1.27. The number of para-hydroxylation sites is 1. The molecular formula is C12H9ClN2O3. The molecule has 0 amide bonds. The van der Waals surface area contributed by atoms with E-state index >= 15 is 0 Å². The quantitative estimate of drug-likeness (QED) is 0.798. The average molecular weight is 265 g/mol. The minimum atomic E-state index is -0.577. The van der Waals surface area contributed by atoms with Crippen LogP contribution in [0, 0.1) is 0 Å². The number of esters is 1. The van der Waals surface area contributed by atoms with Gasteiger partial charge in [0.15, 0.2) is 5.69 Å². The van der Waals surface area contributed by atoms with E-state index in [0.29, 0.717) is 10.8 Å². The summed E-state index contributed by atoms with van der Waals surface area (Å²) in [4.78, 5) is 19.1. The fourth-order valence-corrected chi connectivity index (χ4v) is 1.41. The zero-order chi connectivity index (χ0) is 13.0. The van der Waals surface area contributed by atoms with E-state index in [4.69, 9.17) is 16.3 Å². The third-order valence-electron chi connectivity index (χ3n) is 2.06. The van der Waals surface area contributed by atoms with Gasteiger partial charge in [-0.2, -0.15) is 0 Å². The van der Waals surface area contributed by atoms with E-state index in [9.17, 15) is 4.79 Å². The number of halogens is 1. The van der Waals surface area contributed by atoms with Gasteiger partial charge in [0.2, 0.25) is 5.88 Å². The Kier molecular flexibility index (Phi) is 3.74. The van der Waals surface area contributed by atoms with Crippen LogP contribution in [0.1, 0.15) is 10.5 Å². The van der Waals surface area contributed by atoms with Gasteiger partial charge in [-0.25, -0.2) is 9.78 Å². The van der Waals surface area contributed by atoms with Crippen molar-refractivity contribution in [2.24, 2.45) is 0 Å². The first-order valence-electron chi connectivity index (χ1n) is 5.03. The summed E-state index contributed by atoms with van der Waals surface area (Å²) < 4.78 is 9.97. The van der Waals surface area contributed by atoms with Gasteiger partial charge >= 0.3 is 5.97 Å². The van der Waals surface area contributed by atoms with Crippen molar-refractivity contribution in [1.82, 2.24) is 9.97 Å². The van der Waals surface area contributed by atoms with Crippen LogP contribution in [0.3, 0.4) is 0 Å². The van der Waals surface area contributed by atoms with Crippen LogP contribution < -0.4 is 4.74 Å². The number of carbonyl (C=O) groups is 1. The van der Waals surface area contributed by atoms with Crippen LogP contribution in [0.15, 0.2) is 36.7 Å². The Morgan fingerprint density at radius 3 is 2.78 bits per heavy atom. The second-order valence-electron chi connectivity index (χ2n) is 3.27. The number of nitrogens with zero attached hydrogens (tertiary/aromatic N) is 2. The molecule has 0 spiro atoms. The fourth-order valence-electron chi connectivity index (χ4n) is 1.24. The first-order chi connectivity index (χ1) is 8.70. The number of methoxy groups -OCH3 is 1. The van der Waals surface area contributed by atoms with Crippen LogP contribution in [-0.2, 0) is 4.74 Å². The van der Waals surface area contributed by atoms with Crippen molar-refractivity contribution in [1.29, 1.82) is 0 Å². The highest BCUT2D eigenvalue weighted by atomic mass is 35.5. The van der Waals surface area contributed by atoms with Gasteiger partial charge in [-0.05, 0) is 12.1 Å². The molecule has 6 heteroatoms. The Morgan fingerprint density at radius 2 is 2.06 bits per heavy atom. The summed E-state index contributed by atoms with van der Waals surface area (Å²) >= 11 is 5.94. The van der Waals surface area contributed by atoms with Gasteiger partial charge in [-0.15, -0.1) is 0 Å². The Hall–Kier alpha value is -2.14. The predicted molar refractivity (Wildman–Crippen MR) is 64.9 cm³/mol. The largest absolute Gasteiger partial charge is 0.464 e. The Balaban J connectivity index is 2.25. The number of carbonyl (C=O) groups excluding carboxylic acids is 1. The zero-order valence-corrected chi connectivity index (χ0v) is 10.2. The van der Waals surface area contributed by atoms with Gasteiger partial charge in [-0.1, -0.05) is 23.7 Å². The van der Waals surface area contributed by atoms with Gasteiger partial charge in [0.25, 0.3) is 0 Å². The fraction of sp³-hybridized carbons (Fsp3) is 0.0833. The van der Waals surface area contributed by atoms with Crippen molar-refractivity contribution in [3.63, 3.8) is 0 Å². The second kappa shape index (κ2) is 5.46. The summed E-state index contributed by atoms with van der Waals surface area (Å²) in [6.07, 6.45) is 2.68. The summed E-state index contributed by atoms with van der Waals surface area (Å²) in [5.41, 5.74) is 0.0713. The summed E-state index contributed by atoms with van der Waals surface area (Å²) in [5, 5.41) is 0.447. The number of hydrogen-bond donors (Lipinski definition) is 0. The maximum absolute atomic E-state index is 11.3. The zero-order valence-electron chi connectivity index (χ0n) is 9.46. The van der Waals surface area contributed by atoms with E-state index in [-0.39, 0.29) is 11.6 Å². The molecule has 1 heterocycles. The van der Waals surface area contributed by atoms with Gasteiger partial charge in [-0.3, -0.25) is 4.98 Å². The van der Waals surface area contributed by atoms with E-state index in [1.807, 2.05) is 0 Å². The van der Waals surface area contributed by atoms with E-state index in [1.54, 1.807) is 24.3 Å². The molecule has 0 aliphatic rings. The Bertz CT molecular complexity index is 575. The van der Waals surface area contributed by atoms with E-state index in [0.717, 1.165) is 0 Å². The van der Waals surface area contributed by atoms with Crippen molar-refractivity contribution in [2.75, 3.05) is 7.11 Å².